The number of rotatable bonds is 5. The molecule has 2 aromatic heterocycles. The predicted octanol–water partition coefficient (Wildman–Crippen LogP) is 4.92. The zero-order valence-corrected chi connectivity index (χ0v) is 19.5. The lowest BCUT2D eigenvalue weighted by Gasteiger charge is -2.34. The van der Waals surface area contributed by atoms with Crippen LogP contribution < -0.4 is 9.64 Å². The van der Waals surface area contributed by atoms with Crippen molar-refractivity contribution in [1.29, 1.82) is 0 Å². The zero-order chi connectivity index (χ0) is 23.1. The second-order valence-corrected chi connectivity index (χ2v) is 8.82. The van der Waals surface area contributed by atoms with E-state index in [4.69, 9.17) is 14.7 Å². The topological polar surface area (TPSA) is 73.1 Å². The van der Waals surface area contributed by atoms with Gasteiger partial charge in [-0.05, 0) is 62.5 Å². The van der Waals surface area contributed by atoms with Crippen LogP contribution in [0, 0.1) is 0 Å². The van der Waals surface area contributed by atoms with Crippen molar-refractivity contribution in [2.24, 2.45) is 0 Å². The van der Waals surface area contributed by atoms with Crippen LogP contribution in [0.2, 0.25) is 0 Å². The molecule has 0 atom stereocenters. The van der Waals surface area contributed by atoms with Crippen molar-refractivity contribution in [3.05, 3.63) is 60.7 Å². The number of nitrogens with one attached hydrogen (secondary N) is 2. The number of fused-ring (bicyclic) bond motifs is 2. The van der Waals surface area contributed by atoms with E-state index in [1.54, 1.807) is 0 Å². The van der Waals surface area contributed by atoms with Gasteiger partial charge in [0.15, 0.2) is 0 Å². The van der Waals surface area contributed by atoms with Gasteiger partial charge in [0.25, 0.3) is 0 Å². The number of benzene rings is 3. The molecule has 0 aliphatic carbocycles. The standard InChI is InChI=1S/C27H28N6O/c1-3-34-25-7-5-4-6-20(25)27-29-21-10-8-18(16-23(21)31-27)26-28-22-11-9-19(17-24(22)30-26)33-14-12-32(2)13-15-33/h4-11,16-17H,3,12-15H2,1-2H3,(H,28,30)(H,29,31). The third-order valence-electron chi connectivity index (χ3n) is 6.53. The third kappa shape index (κ3) is 3.78. The van der Waals surface area contributed by atoms with E-state index in [0.717, 1.165) is 76.8 Å². The van der Waals surface area contributed by atoms with Gasteiger partial charge in [-0.15, -0.1) is 0 Å². The fraction of sp³-hybridized carbons (Fsp3) is 0.259. The minimum atomic E-state index is 0.615. The molecule has 0 bridgehead atoms. The zero-order valence-electron chi connectivity index (χ0n) is 19.5. The Morgan fingerprint density at radius 3 is 2.35 bits per heavy atom. The highest BCUT2D eigenvalue weighted by Gasteiger charge is 2.16. The Kier molecular flexibility index (Phi) is 5.19. The highest BCUT2D eigenvalue weighted by Crippen LogP contribution is 2.31. The van der Waals surface area contributed by atoms with E-state index in [2.05, 4.69) is 57.1 Å². The van der Waals surface area contributed by atoms with Crippen molar-refractivity contribution in [3.63, 3.8) is 0 Å². The molecule has 1 fully saturated rings. The summed E-state index contributed by atoms with van der Waals surface area (Å²) in [6, 6.07) is 20.7. The van der Waals surface area contributed by atoms with Gasteiger partial charge in [-0.2, -0.15) is 0 Å². The number of H-pyrrole nitrogens is 2. The van der Waals surface area contributed by atoms with E-state index >= 15 is 0 Å². The van der Waals surface area contributed by atoms with Crippen LogP contribution in [0.5, 0.6) is 5.75 Å². The molecule has 1 saturated heterocycles. The summed E-state index contributed by atoms with van der Waals surface area (Å²) in [6.07, 6.45) is 0. The number of hydrogen-bond acceptors (Lipinski definition) is 5. The molecule has 3 aromatic carbocycles. The van der Waals surface area contributed by atoms with Gasteiger partial charge in [-0.25, -0.2) is 9.97 Å². The fourth-order valence-corrected chi connectivity index (χ4v) is 4.62. The van der Waals surface area contributed by atoms with Crippen molar-refractivity contribution in [2.75, 3.05) is 44.7 Å². The summed E-state index contributed by atoms with van der Waals surface area (Å²) in [6.45, 7) is 6.89. The molecule has 0 radical (unpaired) electrons. The average Bonchev–Trinajstić information content (AvgIpc) is 3.48. The molecule has 0 amide bonds. The van der Waals surface area contributed by atoms with Gasteiger partial charge in [-0.1, -0.05) is 12.1 Å². The van der Waals surface area contributed by atoms with E-state index in [-0.39, 0.29) is 0 Å². The van der Waals surface area contributed by atoms with Crippen LogP contribution in [0.3, 0.4) is 0 Å². The summed E-state index contributed by atoms with van der Waals surface area (Å²) in [5.41, 5.74) is 7.15. The molecule has 2 N–H and O–H groups in total. The lowest BCUT2D eigenvalue weighted by atomic mass is 10.2. The number of piperazine rings is 1. The second kappa shape index (κ2) is 8.50. The molecule has 0 unspecified atom stereocenters. The molecule has 172 valence electrons. The number of para-hydroxylation sites is 1. The Morgan fingerprint density at radius 2 is 1.53 bits per heavy atom. The van der Waals surface area contributed by atoms with Crippen LogP contribution in [-0.4, -0.2) is 64.7 Å². The summed E-state index contributed by atoms with van der Waals surface area (Å²) < 4.78 is 5.79. The highest BCUT2D eigenvalue weighted by molar-refractivity contribution is 5.87. The van der Waals surface area contributed by atoms with Gasteiger partial charge in [0.1, 0.15) is 17.4 Å². The molecule has 1 aliphatic rings. The predicted molar refractivity (Wildman–Crippen MR) is 137 cm³/mol. The maximum atomic E-state index is 5.79. The largest absolute Gasteiger partial charge is 0.493 e. The Bertz CT molecular complexity index is 1460. The summed E-state index contributed by atoms with van der Waals surface area (Å²) in [5.74, 6) is 2.49. The van der Waals surface area contributed by atoms with Gasteiger partial charge >= 0.3 is 0 Å². The average molecular weight is 453 g/mol. The summed E-state index contributed by atoms with van der Waals surface area (Å²) >= 11 is 0. The van der Waals surface area contributed by atoms with E-state index < -0.39 is 0 Å². The Hall–Kier alpha value is -3.84. The number of anilines is 1. The first kappa shape index (κ1) is 20.7. The highest BCUT2D eigenvalue weighted by atomic mass is 16.5. The normalized spacial score (nSPS) is 14.8. The molecule has 0 spiro atoms. The first-order chi connectivity index (χ1) is 16.7. The monoisotopic (exact) mass is 452 g/mol. The maximum absolute atomic E-state index is 5.79. The smallest absolute Gasteiger partial charge is 0.142 e. The summed E-state index contributed by atoms with van der Waals surface area (Å²) in [5, 5.41) is 0. The Labute approximate surface area is 198 Å². The van der Waals surface area contributed by atoms with Gasteiger partial charge in [-0.3, -0.25) is 0 Å². The quantitative estimate of drug-likeness (QED) is 0.396. The van der Waals surface area contributed by atoms with E-state index in [9.17, 15) is 0 Å². The molecule has 34 heavy (non-hydrogen) atoms. The minimum Gasteiger partial charge on any atom is -0.493 e. The maximum Gasteiger partial charge on any atom is 0.142 e. The van der Waals surface area contributed by atoms with Crippen LogP contribution in [0.15, 0.2) is 60.7 Å². The molecule has 3 heterocycles. The summed E-state index contributed by atoms with van der Waals surface area (Å²) in [7, 11) is 2.18. The third-order valence-corrected chi connectivity index (χ3v) is 6.53. The molecule has 0 saturated carbocycles. The lowest BCUT2D eigenvalue weighted by molar-refractivity contribution is 0.313. The van der Waals surface area contributed by atoms with Crippen LogP contribution in [-0.2, 0) is 0 Å². The lowest BCUT2D eigenvalue weighted by Crippen LogP contribution is -2.44. The molecule has 7 heteroatoms. The Morgan fingerprint density at radius 1 is 0.824 bits per heavy atom. The SMILES string of the molecule is CCOc1ccccc1-c1nc2ccc(-c3nc4ccc(N5CCN(C)CC5)cc4[nH]3)cc2[nH]1. The van der Waals surface area contributed by atoms with E-state index in [1.807, 2.05) is 37.3 Å². The van der Waals surface area contributed by atoms with Crippen LogP contribution in [0.4, 0.5) is 5.69 Å². The second-order valence-electron chi connectivity index (χ2n) is 8.82. The van der Waals surface area contributed by atoms with Crippen molar-refractivity contribution in [1.82, 2.24) is 24.8 Å². The van der Waals surface area contributed by atoms with Crippen LogP contribution in [0.1, 0.15) is 6.92 Å². The fourth-order valence-electron chi connectivity index (χ4n) is 4.62. The molecule has 7 nitrogen and oxygen atoms in total. The van der Waals surface area contributed by atoms with Crippen molar-refractivity contribution in [2.45, 2.75) is 6.92 Å². The van der Waals surface area contributed by atoms with E-state index in [0.29, 0.717) is 6.61 Å². The Balaban J connectivity index is 1.32. The van der Waals surface area contributed by atoms with Gasteiger partial charge < -0.3 is 24.5 Å². The van der Waals surface area contributed by atoms with Crippen LogP contribution in [0.25, 0.3) is 44.8 Å². The number of aromatic amines is 2. The van der Waals surface area contributed by atoms with Gasteiger partial charge in [0, 0.05) is 37.4 Å². The van der Waals surface area contributed by atoms with Gasteiger partial charge in [0.05, 0.1) is 34.2 Å². The molecule has 6 rings (SSSR count). The molecule has 1 aliphatic heterocycles. The minimum absolute atomic E-state index is 0.615. The number of ether oxygens (including phenoxy) is 1. The van der Waals surface area contributed by atoms with Crippen molar-refractivity contribution >= 4 is 27.8 Å². The van der Waals surface area contributed by atoms with Gasteiger partial charge in [0.2, 0.25) is 0 Å². The molecule has 5 aromatic rings. The van der Waals surface area contributed by atoms with E-state index in [1.165, 1.54) is 5.69 Å². The number of nitrogens with zero attached hydrogens (tertiary/aromatic N) is 4. The van der Waals surface area contributed by atoms with Crippen molar-refractivity contribution in [3.8, 4) is 28.5 Å². The first-order valence-corrected chi connectivity index (χ1v) is 11.8. The van der Waals surface area contributed by atoms with Crippen molar-refractivity contribution < 1.29 is 4.74 Å². The number of imidazole rings is 2. The molecular weight excluding hydrogens is 424 g/mol. The number of likely N-dealkylation sites (N-methyl/N-ethyl adjacent to an activating group) is 1. The molecular formula is C27H28N6O. The first-order valence-electron chi connectivity index (χ1n) is 11.8. The number of hydrogen-bond donors (Lipinski definition) is 2. The van der Waals surface area contributed by atoms with Crippen LogP contribution >= 0.6 is 0 Å². The number of aromatic nitrogens is 4. The summed E-state index contributed by atoms with van der Waals surface area (Å²) in [4.78, 5) is 21.5.